The van der Waals surface area contributed by atoms with Gasteiger partial charge in [0.2, 0.25) is 0 Å². The summed E-state index contributed by atoms with van der Waals surface area (Å²) in [7, 11) is -5.37. The average molecular weight is 352 g/mol. The SMILES string of the molecule is C[C@@H](CN)NS(=O)(=O)N1C[C@H](CCCB(O)O)[C@](N)(C(=O)O)C1. The number of rotatable bonds is 9. The van der Waals surface area contributed by atoms with Gasteiger partial charge in [-0.2, -0.15) is 17.4 Å². The van der Waals surface area contributed by atoms with Gasteiger partial charge >= 0.3 is 13.1 Å². The first kappa shape index (κ1) is 20.3. The monoisotopic (exact) mass is 352 g/mol. The largest absolute Gasteiger partial charge is 0.480 e. The first-order chi connectivity index (χ1) is 10.5. The van der Waals surface area contributed by atoms with Crippen LogP contribution in [0.2, 0.25) is 6.32 Å². The Bertz CT molecular complexity index is 519. The van der Waals surface area contributed by atoms with E-state index < -0.39 is 40.8 Å². The minimum Gasteiger partial charge on any atom is -0.480 e. The molecule has 0 aromatic rings. The third-order valence-electron chi connectivity index (χ3n) is 4.05. The Morgan fingerprint density at radius 3 is 2.61 bits per heavy atom. The van der Waals surface area contributed by atoms with E-state index in [1.807, 2.05) is 0 Å². The van der Waals surface area contributed by atoms with Crippen molar-refractivity contribution in [2.24, 2.45) is 17.4 Å². The molecule has 12 heteroatoms. The Morgan fingerprint density at radius 2 is 2.13 bits per heavy atom. The second kappa shape index (κ2) is 7.88. The number of carbonyl (C=O) groups is 1. The van der Waals surface area contributed by atoms with Crippen molar-refractivity contribution >= 4 is 23.3 Å². The van der Waals surface area contributed by atoms with Gasteiger partial charge in [-0.3, -0.25) is 4.79 Å². The maximum atomic E-state index is 12.3. The van der Waals surface area contributed by atoms with Crippen molar-refractivity contribution in [2.45, 2.75) is 37.7 Å². The molecule has 0 amide bonds. The molecule has 23 heavy (non-hydrogen) atoms. The summed E-state index contributed by atoms with van der Waals surface area (Å²) in [6, 6.07) is -0.486. The van der Waals surface area contributed by atoms with Crippen LogP contribution in [0.4, 0.5) is 0 Å². The Labute approximate surface area is 136 Å². The van der Waals surface area contributed by atoms with Crippen LogP contribution in [0.1, 0.15) is 19.8 Å². The van der Waals surface area contributed by atoms with Gasteiger partial charge in [0.25, 0.3) is 10.2 Å². The van der Waals surface area contributed by atoms with Crippen LogP contribution in [0.3, 0.4) is 0 Å². The molecule has 3 atom stereocenters. The van der Waals surface area contributed by atoms with Crippen LogP contribution in [0.25, 0.3) is 0 Å². The van der Waals surface area contributed by atoms with Crippen molar-refractivity contribution in [2.75, 3.05) is 19.6 Å². The molecule has 1 saturated heterocycles. The minimum atomic E-state index is -3.89. The van der Waals surface area contributed by atoms with Gasteiger partial charge in [-0.25, -0.2) is 0 Å². The molecule has 0 spiro atoms. The van der Waals surface area contributed by atoms with Crippen LogP contribution in [-0.4, -0.2) is 72.2 Å². The fourth-order valence-corrected chi connectivity index (χ4v) is 4.11. The van der Waals surface area contributed by atoms with Gasteiger partial charge in [0.05, 0.1) is 0 Å². The summed E-state index contributed by atoms with van der Waals surface area (Å²) in [5.74, 6) is -1.90. The third kappa shape index (κ3) is 5.11. The van der Waals surface area contributed by atoms with Crippen molar-refractivity contribution < 1.29 is 28.4 Å². The molecule has 1 rings (SSSR count). The molecule has 0 saturated carbocycles. The summed E-state index contributed by atoms with van der Waals surface area (Å²) >= 11 is 0. The molecule has 0 aromatic carbocycles. The summed E-state index contributed by atoms with van der Waals surface area (Å²) in [4.78, 5) is 11.5. The zero-order chi connectivity index (χ0) is 17.8. The standard InChI is InChI=1S/C11H25BN4O6S/c1-8(5-13)15-23(21,22)16-6-9(3-2-4-12(19)20)11(14,7-16)10(17)18/h8-9,15,19-20H,2-7,13-14H2,1H3,(H,17,18)/t8-,9-,11-/m0/s1. The molecule has 0 aliphatic carbocycles. The van der Waals surface area contributed by atoms with Gasteiger partial charge < -0.3 is 26.6 Å². The van der Waals surface area contributed by atoms with Crippen LogP contribution in [0.5, 0.6) is 0 Å². The molecule has 8 N–H and O–H groups in total. The third-order valence-corrected chi connectivity index (χ3v) is 5.71. The smallest absolute Gasteiger partial charge is 0.451 e. The number of carboxylic acid groups (broad SMARTS) is 1. The number of aliphatic carboxylic acids is 1. The highest BCUT2D eigenvalue weighted by Gasteiger charge is 2.52. The van der Waals surface area contributed by atoms with Gasteiger partial charge in [0.1, 0.15) is 5.54 Å². The highest BCUT2D eigenvalue weighted by atomic mass is 32.2. The van der Waals surface area contributed by atoms with E-state index in [1.165, 1.54) is 0 Å². The van der Waals surface area contributed by atoms with Crippen molar-refractivity contribution in [3.05, 3.63) is 0 Å². The second-order valence-electron chi connectivity index (χ2n) is 6.01. The van der Waals surface area contributed by atoms with Gasteiger partial charge in [-0.05, 0) is 19.7 Å². The summed E-state index contributed by atoms with van der Waals surface area (Å²) in [6.45, 7) is 1.32. The lowest BCUT2D eigenvalue weighted by Crippen LogP contribution is -2.55. The molecule has 0 unspecified atom stereocenters. The van der Waals surface area contributed by atoms with E-state index in [-0.39, 0.29) is 32.4 Å². The minimum absolute atomic E-state index is 0.0447. The van der Waals surface area contributed by atoms with Gasteiger partial charge in [-0.15, -0.1) is 0 Å². The predicted molar refractivity (Wildman–Crippen MR) is 84.4 cm³/mol. The lowest BCUT2D eigenvalue weighted by molar-refractivity contribution is -0.144. The highest BCUT2D eigenvalue weighted by molar-refractivity contribution is 7.87. The molecule has 1 aliphatic rings. The molecule has 1 heterocycles. The van der Waals surface area contributed by atoms with Gasteiger partial charge in [0, 0.05) is 31.6 Å². The summed E-state index contributed by atoms with van der Waals surface area (Å²) < 4.78 is 27.9. The molecule has 0 bridgehead atoms. The van der Waals surface area contributed by atoms with Crippen LogP contribution < -0.4 is 16.2 Å². The normalized spacial score (nSPS) is 27.1. The van der Waals surface area contributed by atoms with Crippen molar-refractivity contribution in [1.82, 2.24) is 9.03 Å². The van der Waals surface area contributed by atoms with E-state index in [0.717, 1.165) is 4.31 Å². The number of carboxylic acids is 1. The molecule has 10 nitrogen and oxygen atoms in total. The average Bonchev–Trinajstić information content (AvgIpc) is 2.77. The van der Waals surface area contributed by atoms with E-state index in [1.54, 1.807) is 6.92 Å². The zero-order valence-electron chi connectivity index (χ0n) is 13.1. The van der Waals surface area contributed by atoms with Crippen LogP contribution in [-0.2, 0) is 15.0 Å². The predicted octanol–water partition coefficient (Wildman–Crippen LogP) is -2.87. The Kier molecular flexibility index (Phi) is 6.95. The summed E-state index contributed by atoms with van der Waals surface area (Å²) in [5, 5.41) is 27.1. The van der Waals surface area contributed by atoms with Crippen LogP contribution in [0, 0.1) is 5.92 Å². The molecular formula is C11H25BN4O6S. The van der Waals surface area contributed by atoms with E-state index in [2.05, 4.69) is 4.72 Å². The maximum absolute atomic E-state index is 12.3. The molecular weight excluding hydrogens is 327 g/mol. The Morgan fingerprint density at radius 1 is 1.52 bits per heavy atom. The lowest BCUT2D eigenvalue weighted by atomic mass is 9.78. The fourth-order valence-electron chi connectivity index (χ4n) is 2.59. The molecule has 0 radical (unpaired) electrons. The quantitative estimate of drug-likeness (QED) is 0.240. The van der Waals surface area contributed by atoms with Crippen LogP contribution in [0.15, 0.2) is 0 Å². The maximum Gasteiger partial charge on any atom is 0.451 e. The Balaban J connectivity index is 2.85. The number of hydrogen-bond acceptors (Lipinski definition) is 7. The molecule has 1 fully saturated rings. The van der Waals surface area contributed by atoms with E-state index >= 15 is 0 Å². The van der Waals surface area contributed by atoms with Crippen LogP contribution >= 0.6 is 0 Å². The number of nitrogens with zero attached hydrogens (tertiary/aromatic N) is 1. The van der Waals surface area contributed by atoms with E-state index in [9.17, 15) is 18.3 Å². The van der Waals surface area contributed by atoms with Gasteiger partial charge in [-0.1, -0.05) is 6.42 Å². The molecule has 1 aliphatic heterocycles. The van der Waals surface area contributed by atoms with E-state index in [0.29, 0.717) is 6.42 Å². The first-order valence-corrected chi connectivity index (χ1v) is 8.82. The second-order valence-corrected chi connectivity index (χ2v) is 7.71. The molecule has 134 valence electrons. The van der Waals surface area contributed by atoms with Crippen molar-refractivity contribution in [3.8, 4) is 0 Å². The highest BCUT2D eigenvalue weighted by Crippen LogP contribution is 2.31. The fraction of sp³-hybridized carbons (Fsp3) is 0.909. The summed E-state index contributed by atoms with van der Waals surface area (Å²) in [6.07, 6.45) is 0.676. The van der Waals surface area contributed by atoms with Gasteiger partial charge in [0.15, 0.2) is 0 Å². The summed E-state index contributed by atoms with van der Waals surface area (Å²) in [5.41, 5.74) is 9.61. The first-order valence-electron chi connectivity index (χ1n) is 7.38. The van der Waals surface area contributed by atoms with Crippen molar-refractivity contribution in [3.63, 3.8) is 0 Å². The number of hydrogen-bond donors (Lipinski definition) is 6. The molecule has 0 aromatic heterocycles. The number of nitrogens with one attached hydrogen (secondary N) is 1. The van der Waals surface area contributed by atoms with E-state index in [4.69, 9.17) is 21.5 Å². The zero-order valence-corrected chi connectivity index (χ0v) is 13.9. The lowest BCUT2D eigenvalue weighted by Gasteiger charge is -2.25. The Hall–Kier alpha value is -0.755. The topological polar surface area (TPSA) is 179 Å². The van der Waals surface area contributed by atoms with Crippen molar-refractivity contribution in [1.29, 1.82) is 0 Å². The number of nitrogens with two attached hydrogens (primary N) is 2.